The molecule has 3 heterocycles. The van der Waals surface area contributed by atoms with Crippen molar-refractivity contribution in [2.45, 2.75) is 32.2 Å². The van der Waals surface area contributed by atoms with Crippen LogP contribution in [0.1, 0.15) is 28.5 Å². The predicted octanol–water partition coefficient (Wildman–Crippen LogP) is 5.62. The molecule has 1 saturated carbocycles. The smallest absolute Gasteiger partial charge is 0.181 e. The van der Waals surface area contributed by atoms with Gasteiger partial charge in [0.2, 0.25) is 0 Å². The molecule has 1 N–H and O–H groups in total. The van der Waals surface area contributed by atoms with Gasteiger partial charge in [0.25, 0.3) is 0 Å². The molecule has 5 rings (SSSR count). The third-order valence-corrected chi connectivity index (χ3v) is 6.06. The largest absolute Gasteiger partial charge is 0.366 e. The van der Waals surface area contributed by atoms with Crippen molar-refractivity contribution in [2.24, 2.45) is 0 Å². The van der Waals surface area contributed by atoms with Gasteiger partial charge in [-0.2, -0.15) is 0 Å². The van der Waals surface area contributed by atoms with Gasteiger partial charge in [0.1, 0.15) is 16.3 Å². The van der Waals surface area contributed by atoms with Crippen LogP contribution >= 0.6 is 11.3 Å². The van der Waals surface area contributed by atoms with Gasteiger partial charge in [0.05, 0.1) is 5.39 Å². The second-order valence-electron chi connectivity index (χ2n) is 7.40. The fraction of sp³-hybridized carbons (Fsp3) is 0.227. The van der Waals surface area contributed by atoms with Gasteiger partial charge in [-0.1, -0.05) is 12.1 Å². The van der Waals surface area contributed by atoms with Crippen LogP contribution in [0.4, 0.5) is 14.6 Å². The average molecular weight is 408 g/mol. The molecule has 0 amide bonds. The number of hydrogen-bond donors (Lipinski definition) is 1. The lowest BCUT2D eigenvalue weighted by atomic mass is 10.1. The molecule has 7 heteroatoms. The van der Waals surface area contributed by atoms with Gasteiger partial charge in [0.15, 0.2) is 17.5 Å². The van der Waals surface area contributed by atoms with E-state index in [4.69, 9.17) is 9.97 Å². The van der Waals surface area contributed by atoms with Crippen LogP contribution in [0.3, 0.4) is 0 Å². The monoisotopic (exact) mass is 408 g/mol. The maximum Gasteiger partial charge on any atom is 0.181 e. The number of thiophene rings is 1. The van der Waals surface area contributed by atoms with Crippen molar-refractivity contribution in [1.29, 1.82) is 0 Å². The molecule has 0 spiro atoms. The van der Waals surface area contributed by atoms with Crippen molar-refractivity contribution in [3.05, 3.63) is 70.2 Å². The van der Waals surface area contributed by atoms with Crippen molar-refractivity contribution < 1.29 is 8.78 Å². The quantitative estimate of drug-likeness (QED) is 0.476. The molecular weight excluding hydrogens is 390 g/mol. The number of pyridine rings is 1. The summed E-state index contributed by atoms with van der Waals surface area (Å²) in [4.78, 5) is 16.1. The van der Waals surface area contributed by atoms with Gasteiger partial charge in [0, 0.05) is 22.5 Å². The lowest BCUT2D eigenvalue weighted by Crippen LogP contribution is -2.08. The maximum absolute atomic E-state index is 13.6. The fourth-order valence-electron chi connectivity index (χ4n) is 3.58. The number of anilines is 1. The van der Waals surface area contributed by atoms with E-state index in [2.05, 4.69) is 16.4 Å². The zero-order chi connectivity index (χ0) is 20.1. The summed E-state index contributed by atoms with van der Waals surface area (Å²) in [6.45, 7) is 3.98. The second-order valence-corrected chi connectivity index (χ2v) is 8.64. The minimum Gasteiger partial charge on any atom is -0.366 e. The van der Waals surface area contributed by atoms with Crippen LogP contribution in [0.15, 0.2) is 42.5 Å². The number of nitrogens with zero attached hydrogens (tertiary/aromatic N) is 3. The van der Waals surface area contributed by atoms with Gasteiger partial charge in [-0.25, -0.2) is 23.7 Å². The summed E-state index contributed by atoms with van der Waals surface area (Å²) in [5.74, 6) is -0.155. The molecule has 4 nitrogen and oxygen atoms in total. The first-order valence-electron chi connectivity index (χ1n) is 9.41. The predicted molar refractivity (Wildman–Crippen MR) is 111 cm³/mol. The number of aromatic nitrogens is 3. The Morgan fingerprint density at radius 1 is 1.00 bits per heavy atom. The second kappa shape index (κ2) is 6.84. The summed E-state index contributed by atoms with van der Waals surface area (Å²) in [6, 6.07) is 12.1. The Labute approximate surface area is 170 Å². The highest BCUT2D eigenvalue weighted by atomic mass is 32.1. The van der Waals surface area contributed by atoms with Gasteiger partial charge in [-0.15, -0.1) is 11.3 Å². The van der Waals surface area contributed by atoms with Crippen LogP contribution in [0.5, 0.6) is 0 Å². The molecule has 0 saturated heterocycles. The third kappa shape index (κ3) is 3.46. The van der Waals surface area contributed by atoms with Crippen LogP contribution in [-0.4, -0.2) is 21.0 Å². The summed E-state index contributed by atoms with van der Waals surface area (Å²) < 4.78 is 26.8. The molecule has 1 aromatic carbocycles. The van der Waals surface area contributed by atoms with Gasteiger partial charge in [-0.05, 0) is 56.2 Å². The van der Waals surface area contributed by atoms with E-state index in [0.29, 0.717) is 5.82 Å². The van der Waals surface area contributed by atoms with E-state index in [1.54, 1.807) is 17.4 Å². The molecule has 1 aliphatic carbocycles. The molecule has 2 atom stereocenters. The summed E-state index contributed by atoms with van der Waals surface area (Å²) in [7, 11) is 0. The third-order valence-electron chi connectivity index (χ3n) is 5.12. The number of aryl methyl sites for hydroxylation is 2. The molecule has 0 unspecified atom stereocenters. The standard InChI is InChI=1S/C22H18F2N4S/c1-11-4-3-5-18(25-11)21-27-20(15-8-12(2)29-22(15)28-21)26-19-10-14(19)13-6-7-16(23)17(24)9-13/h3-9,14,19H,10H2,1-2H3,(H,26,27,28)/t14-,19+/m0/s1. The Kier molecular flexibility index (Phi) is 4.28. The molecule has 0 radical (unpaired) electrons. The maximum atomic E-state index is 13.6. The number of hydrogen-bond acceptors (Lipinski definition) is 5. The highest BCUT2D eigenvalue weighted by molar-refractivity contribution is 7.18. The number of nitrogens with one attached hydrogen (secondary N) is 1. The number of benzene rings is 1. The SMILES string of the molecule is Cc1cccc(-c2nc(N[C@@H]3C[C@H]3c3ccc(F)c(F)c3)c3cc(C)sc3n2)n1. The minimum atomic E-state index is -0.819. The highest BCUT2D eigenvalue weighted by Gasteiger charge is 2.39. The Hall–Kier alpha value is -2.93. The molecule has 0 bridgehead atoms. The molecule has 1 fully saturated rings. The Balaban J connectivity index is 1.49. The average Bonchev–Trinajstić information content (AvgIpc) is 3.34. The van der Waals surface area contributed by atoms with Gasteiger partial charge >= 0.3 is 0 Å². The van der Waals surface area contributed by atoms with E-state index in [1.807, 2.05) is 32.0 Å². The summed E-state index contributed by atoms with van der Waals surface area (Å²) in [5.41, 5.74) is 2.44. The lowest BCUT2D eigenvalue weighted by Gasteiger charge is -2.09. The fourth-order valence-corrected chi connectivity index (χ4v) is 4.46. The van der Waals surface area contributed by atoms with Crippen LogP contribution in [0, 0.1) is 25.5 Å². The molecule has 146 valence electrons. The number of fused-ring (bicyclic) bond motifs is 1. The van der Waals surface area contributed by atoms with Crippen molar-refractivity contribution in [3.63, 3.8) is 0 Å². The number of halogens is 2. The van der Waals surface area contributed by atoms with Crippen LogP contribution in [-0.2, 0) is 0 Å². The van der Waals surface area contributed by atoms with E-state index in [0.717, 1.165) is 44.3 Å². The zero-order valence-electron chi connectivity index (χ0n) is 15.9. The highest BCUT2D eigenvalue weighted by Crippen LogP contribution is 2.44. The number of rotatable bonds is 4. The molecular formula is C22H18F2N4S. The van der Waals surface area contributed by atoms with E-state index >= 15 is 0 Å². The normalized spacial score (nSPS) is 18.2. The van der Waals surface area contributed by atoms with Crippen molar-refractivity contribution in [1.82, 2.24) is 15.0 Å². The van der Waals surface area contributed by atoms with Crippen molar-refractivity contribution in [3.8, 4) is 11.5 Å². The minimum absolute atomic E-state index is 0.122. The van der Waals surface area contributed by atoms with Crippen LogP contribution in [0.25, 0.3) is 21.7 Å². The Morgan fingerprint density at radius 2 is 1.86 bits per heavy atom. The molecule has 4 aromatic rings. The van der Waals surface area contributed by atoms with E-state index in [1.165, 1.54) is 12.1 Å². The first-order chi connectivity index (χ1) is 14.0. The van der Waals surface area contributed by atoms with E-state index < -0.39 is 11.6 Å². The summed E-state index contributed by atoms with van der Waals surface area (Å²) in [5, 5.41) is 4.46. The first-order valence-corrected chi connectivity index (χ1v) is 10.2. The van der Waals surface area contributed by atoms with Crippen LogP contribution < -0.4 is 5.32 Å². The summed E-state index contributed by atoms with van der Waals surface area (Å²) in [6.07, 6.45) is 0.845. The van der Waals surface area contributed by atoms with Crippen LogP contribution in [0.2, 0.25) is 0 Å². The molecule has 0 aliphatic heterocycles. The van der Waals surface area contributed by atoms with E-state index in [-0.39, 0.29) is 12.0 Å². The van der Waals surface area contributed by atoms with E-state index in [9.17, 15) is 8.78 Å². The first kappa shape index (κ1) is 18.1. The Morgan fingerprint density at radius 3 is 2.66 bits per heavy atom. The van der Waals surface area contributed by atoms with Crippen molar-refractivity contribution in [2.75, 3.05) is 5.32 Å². The molecule has 29 heavy (non-hydrogen) atoms. The lowest BCUT2D eigenvalue weighted by molar-refractivity contribution is 0.507. The molecule has 3 aromatic heterocycles. The van der Waals surface area contributed by atoms with Gasteiger partial charge in [-0.3, -0.25) is 0 Å². The summed E-state index contributed by atoms with van der Waals surface area (Å²) >= 11 is 1.62. The molecule has 1 aliphatic rings. The Bertz CT molecular complexity index is 1240. The van der Waals surface area contributed by atoms with Gasteiger partial charge < -0.3 is 5.32 Å². The topological polar surface area (TPSA) is 50.7 Å². The zero-order valence-corrected chi connectivity index (χ0v) is 16.7. The van der Waals surface area contributed by atoms with Crippen molar-refractivity contribution >= 4 is 27.4 Å².